The molecular weight excluding hydrogens is 487 g/mol. The number of nitrogens with one attached hydrogen (secondary N) is 1. The maximum atomic E-state index is 14.7. The Morgan fingerprint density at radius 2 is 1.92 bits per heavy atom. The molecule has 1 aliphatic rings. The molecule has 1 aliphatic heterocycles. The van der Waals surface area contributed by atoms with Crippen LogP contribution in [0.1, 0.15) is 53.9 Å². The lowest BCUT2D eigenvalue weighted by molar-refractivity contribution is -0.147. The number of H-pyrrole nitrogens is 1. The van der Waals surface area contributed by atoms with Gasteiger partial charge in [-0.1, -0.05) is 24.6 Å². The predicted molar refractivity (Wildman–Crippen MR) is 135 cm³/mol. The standard InChI is InChI=1S/C27H28ClFN2O5/c1-4-21-18(13-16-7-8-17(14-19(16)28)26(33)31-11-5-6-12-31)25(32)23-22(36-15(2)27(34)35-3)10-9-20(29)24(23)30-21/h7-10,14-15H,4-6,11-13H2,1-3H3,(H,30,32). The molecular formula is C27H28ClFN2O5. The van der Waals surface area contributed by atoms with Gasteiger partial charge in [0.25, 0.3) is 5.91 Å². The zero-order valence-corrected chi connectivity index (χ0v) is 21.2. The molecule has 1 amide bonds. The second-order valence-electron chi connectivity index (χ2n) is 8.83. The van der Waals surface area contributed by atoms with E-state index in [-0.39, 0.29) is 29.0 Å². The number of amides is 1. The quantitative estimate of drug-likeness (QED) is 0.464. The van der Waals surface area contributed by atoms with Crippen molar-refractivity contribution in [2.75, 3.05) is 20.2 Å². The molecule has 1 saturated heterocycles. The van der Waals surface area contributed by atoms with E-state index in [9.17, 15) is 18.8 Å². The van der Waals surface area contributed by atoms with Gasteiger partial charge in [-0.25, -0.2) is 9.18 Å². The van der Waals surface area contributed by atoms with E-state index in [0.717, 1.165) is 25.9 Å². The summed E-state index contributed by atoms with van der Waals surface area (Å²) in [6, 6.07) is 7.60. The summed E-state index contributed by atoms with van der Waals surface area (Å²) in [5.74, 6) is -1.21. The van der Waals surface area contributed by atoms with Gasteiger partial charge in [-0.2, -0.15) is 0 Å². The summed E-state index contributed by atoms with van der Waals surface area (Å²) < 4.78 is 25.1. The molecule has 1 atom stereocenters. The first-order valence-corrected chi connectivity index (χ1v) is 12.3. The number of likely N-dealkylation sites (tertiary alicyclic amines) is 1. The lowest BCUT2D eigenvalue weighted by Crippen LogP contribution is -2.27. The zero-order chi connectivity index (χ0) is 26.0. The maximum absolute atomic E-state index is 14.7. The highest BCUT2D eigenvalue weighted by Gasteiger charge is 2.23. The fraction of sp³-hybridized carbons (Fsp3) is 0.370. The number of hydrogen-bond acceptors (Lipinski definition) is 5. The van der Waals surface area contributed by atoms with E-state index >= 15 is 0 Å². The number of aromatic nitrogens is 1. The van der Waals surface area contributed by atoms with E-state index in [4.69, 9.17) is 21.1 Å². The van der Waals surface area contributed by atoms with Gasteiger partial charge in [0.2, 0.25) is 0 Å². The summed E-state index contributed by atoms with van der Waals surface area (Å²) in [5.41, 5.74) is 1.73. The van der Waals surface area contributed by atoms with Crippen LogP contribution < -0.4 is 10.2 Å². The van der Waals surface area contributed by atoms with Crippen LogP contribution in [-0.2, 0) is 22.4 Å². The van der Waals surface area contributed by atoms with Crippen LogP contribution in [0, 0.1) is 5.82 Å². The third-order valence-electron chi connectivity index (χ3n) is 6.51. The maximum Gasteiger partial charge on any atom is 0.346 e. The Balaban J connectivity index is 1.75. The number of rotatable bonds is 7. The predicted octanol–water partition coefficient (Wildman–Crippen LogP) is 4.65. The summed E-state index contributed by atoms with van der Waals surface area (Å²) in [7, 11) is 1.23. The SMILES string of the molecule is CCc1[nH]c2c(F)ccc(OC(C)C(=O)OC)c2c(=O)c1Cc1ccc(C(=O)N2CCCC2)cc1Cl. The monoisotopic (exact) mass is 514 g/mol. The number of aryl methyl sites for hydroxylation is 1. The van der Waals surface area contributed by atoms with Gasteiger partial charge < -0.3 is 19.4 Å². The summed E-state index contributed by atoms with van der Waals surface area (Å²) in [6.07, 6.45) is 1.62. The van der Waals surface area contributed by atoms with E-state index in [1.807, 2.05) is 6.92 Å². The molecule has 0 bridgehead atoms. The first-order valence-electron chi connectivity index (χ1n) is 11.9. The number of benzene rings is 2. The van der Waals surface area contributed by atoms with Gasteiger partial charge in [-0.05, 0) is 56.0 Å². The van der Waals surface area contributed by atoms with Crippen molar-refractivity contribution in [1.29, 1.82) is 0 Å². The second kappa shape index (κ2) is 10.7. The molecule has 7 nitrogen and oxygen atoms in total. The van der Waals surface area contributed by atoms with E-state index in [1.54, 1.807) is 23.1 Å². The summed E-state index contributed by atoms with van der Waals surface area (Å²) in [4.78, 5) is 43.1. The topological polar surface area (TPSA) is 88.7 Å². The van der Waals surface area contributed by atoms with Gasteiger partial charge in [-0.3, -0.25) is 9.59 Å². The number of pyridine rings is 1. The average molecular weight is 515 g/mol. The van der Waals surface area contributed by atoms with Gasteiger partial charge >= 0.3 is 5.97 Å². The Labute approximate surface area is 213 Å². The van der Waals surface area contributed by atoms with Crippen LogP contribution in [0.3, 0.4) is 0 Å². The molecule has 190 valence electrons. The van der Waals surface area contributed by atoms with Crippen molar-refractivity contribution in [1.82, 2.24) is 9.88 Å². The Hall–Kier alpha value is -3.39. The number of halogens is 2. The van der Waals surface area contributed by atoms with Crippen LogP contribution in [0.15, 0.2) is 35.1 Å². The Morgan fingerprint density at radius 3 is 2.56 bits per heavy atom. The molecule has 1 fully saturated rings. The largest absolute Gasteiger partial charge is 0.478 e. The highest BCUT2D eigenvalue weighted by atomic mass is 35.5. The highest BCUT2D eigenvalue weighted by molar-refractivity contribution is 6.31. The van der Waals surface area contributed by atoms with Crippen LogP contribution in [0.4, 0.5) is 4.39 Å². The normalized spacial score (nSPS) is 14.2. The number of carbonyl (C=O) groups excluding carboxylic acids is 2. The van der Waals surface area contributed by atoms with Gasteiger partial charge in [0, 0.05) is 41.4 Å². The van der Waals surface area contributed by atoms with Gasteiger partial charge in [-0.15, -0.1) is 0 Å². The van der Waals surface area contributed by atoms with Gasteiger partial charge in [0.1, 0.15) is 11.6 Å². The van der Waals surface area contributed by atoms with Crippen LogP contribution >= 0.6 is 11.6 Å². The fourth-order valence-corrected chi connectivity index (χ4v) is 4.78. The van der Waals surface area contributed by atoms with Crippen molar-refractivity contribution < 1.29 is 23.5 Å². The first kappa shape index (κ1) is 25.7. The van der Waals surface area contributed by atoms with Crippen molar-refractivity contribution in [3.63, 3.8) is 0 Å². The number of aromatic amines is 1. The van der Waals surface area contributed by atoms with Crippen molar-refractivity contribution in [3.8, 4) is 5.75 Å². The summed E-state index contributed by atoms with van der Waals surface area (Å²) >= 11 is 6.55. The molecule has 4 rings (SSSR count). The number of esters is 1. The molecule has 1 N–H and O–H groups in total. The van der Waals surface area contributed by atoms with E-state index in [2.05, 4.69) is 4.98 Å². The van der Waals surface area contributed by atoms with Crippen LogP contribution in [0.2, 0.25) is 5.02 Å². The van der Waals surface area contributed by atoms with E-state index in [1.165, 1.54) is 26.2 Å². The van der Waals surface area contributed by atoms with Crippen LogP contribution in [0.5, 0.6) is 5.75 Å². The minimum absolute atomic E-state index is 0.00724. The summed E-state index contributed by atoms with van der Waals surface area (Å²) in [5, 5.41) is 0.381. The molecule has 3 aromatic rings. The number of hydrogen-bond donors (Lipinski definition) is 1. The van der Waals surface area contributed by atoms with E-state index in [0.29, 0.717) is 33.8 Å². The second-order valence-corrected chi connectivity index (χ2v) is 9.23. The average Bonchev–Trinajstić information content (AvgIpc) is 3.42. The number of nitrogens with zero attached hydrogens (tertiary/aromatic N) is 1. The third kappa shape index (κ3) is 4.95. The fourth-order valence-electron chi connectivity index (χ4n) is 4.53. The number of ether oxygens (including phenoxy) is 2. The number of methoxy groups -OCH3 is 1. The Morgan fingerprint density at radius 1 is 1.19 bits per heavy atom. The van der Waals surface area contributed by atoms with E-state index < -0.39 is 23.3 Å². The van der Waals surface area contributed by atoms with Crippen LogP contribution in [0.25, 0.3) is 10.9 Å². The lowest BCUT2D eigenvalue weighted by Gasteiger charge is -2.17. The molecule has 0 saturated carbocycles. The van der Waals surface area contributed by atoms with Crippen molar-refractivity contribution in [3.05, 3.63) is 73.8 Å². The van der Waals surface area contributed by atoms with Gasteiger partial charge in [0.05, 0.1) is 18.0 Å². The molecule has 1 aromatic heterocycles. The molecule has 2 aromatic carbocycles. The van der Waals surface area contributed by atoms with Crippen molar-refractivity contribution in [2.45, 2.75) is 45.6 Å². The molecule has 9 heteroatoms. The van der Waals surface area contributed by atoms with Gasteiger partial charge in [0.15, 0.2) is 11.5 Å². The van der Waals surface area contributed by atoms with Crippen molar-refractivity contribution in [2.24, 2.45) is 0 Å². The molecule has 2 heterocycles. The molecule has 1 unspecified atom stereocenters. The Bertz CT molecular complexity index is 1380. The molecule has 0 radical (unpaired) electrons. The van der Waals surface area contributed by atoms with Crippen molar-refractivity contribution >= 4 is 34.4 Å². The highest BCUT2D eigenvalue weighted by Crippen LogP contribution is 2.29. The lowest BCUT2D eigenvalue weighted by atomic mass is 9.98. The molecule has 36 heavy (non-hydrogen) atoms. The summed E-state index contributed by atoms with van der Waals surface area (Å²) in [6.45, 7) is 4.82. The minimum Gasteiger partial charge on any atom is -0.478 e. The third-order valence-corrected chi connectivity index (χ3v) is 6.86. The zero-order valence-electron chi connectivity index (χ0n) is 20.5. The number of carbonyl (C=O) groups is 2. The smallest absolute Gasteiger partial charge is 0.346 e. The number of fused-ring (bicyclic) bond motifs is 1. The first-order chi connectivity index (χ1) is 17.2. The minimum atomic E-state index is -0.993. The Kier molecular flexibility index (Phi) is 7.64. The molecule has 0 aliphatic carbocycles. The molecule has 0 spiro atoms. The van der Waals surface area contributed by atoms with Crippen LogP contribution in [-0.4, -0.2) is 48.1 Å².